The number of hydrogen-bond donors (Lipinski definition) is 1. The molecule has 2 aliphatic heterocycles. The number of pyridine rings is 1. The van der Waals surface area contributed by atoms with E-state index in [0.717, 1.165) is 62.7 Å². The lowest BCUT2D eigenvalue weighted by Crippen LogP contribution is -2.63. The highest BCUT2D eigenvalue weighted by molar-refractivity contribution is 6.30. The van der Waals surface area contributed by atoms with Crippen molar-refractivity contribution in [1.82, 2.24) is 14.8 Å². The van der Waals surface area contributed by atoms with Crippen molar-refractivity contribution in [2.75, 3.05) is 37.6 Å². The number of carboxylic acids is 1. The summed E-state index contributed by atoms with van der Waals surface area (Å²) >= 11 is 6.12. The molecule has 0 amide bonds. The Morgan fingerprint density at radius 1 is 1.09 bits per heavy atom. The first-order valence-corrected chi connectivity index (χ1v) is 12.9. The predicted molar refractivity (Wildman–Crippen MR) is 138 cm³/mol. The molecule has 0 bridgehead atoms. The van der Waals surface area contributed by atoms with E-state index in [2.05, 4.69) is 57.8 Å². The van der Waals surface area contributed by atoms with E-state index in [9.17, 15) is 9.90 Å². The van der Waals surface area contributed by atoms with Gasteiger partial charge in [0.2, 0.25) is 0 Å². The molecular weight excluding hydrogens is 448 g/mol. The zero-order valence-corrected chi connectivity index (χ0v) is 21.1. The molecular formula is C27H37ClN4O2. The quantitative estimate of drug-likeness (QED) is 0.598. The Labute approximate surface area is 208 Å². The molecule has 2 aliphatic rings. The van der Waals surface area contributed by atoms with E-state index < -0.39 is 5.97 Å². The molecule has 1 N–H and O–H groups in total. The second kappa shape index (κ2) is 11.5. The zero-order chi connectivity index (χ0) is 24.1. The van der Waals surface area contributed by atoms with Crippen LogP contribution >= 0.6 is 11.6 Å². The molecule has 1 aromatic heterocycles. The van der Waals surface area contributed by atoms with E-state index in [1.165, 1.54) is 5.56 Å². The molecule has 4 rings (SSSR count). The van der Waals surface area contributed by atoms with Gasteiger partial charge in [0.05, 0.1) is 6.54 Å². The smallest absolute Gasteiger partial charge is 0.317 e. The van der Waals surface area contributed by atoms with E-state index in [1.54, 1.807) is 0 Å². The number of aromatic nitrogens is 1. The lowest BCUT2D eigenvalue weighted by Gasteiger charge is -2.51. The van der Waals surface area contributed by atoms with Crippen molar-refractivity contribution in [2.45, 2.75) is 57.7 Å². The van der Waals surface area contributed by atoms with Gasteiger partial charge in [0.15, 0.2) is 0 Å². The van der Waals surface area contributed by atoms with Crippen LogP contribution in [0.3, 0.4) is 0 Å². The van der Waals surface area contributed by atoms with Gasteiger partial charge >= 0.3 is 5.97 Å². The van der Waals surface area contributed by atoms with Gasteiger partial charge in [-0.1, -0.05) is 43.6 Å². The molecule has 0 radical (unpaired) electrons. The number of rotatable bonds is 8. The molecule has 2 aromatic rings. The number of piperidine rings is 1. The molecule has 0 saturated carbocycles. The van der Waals surface area contributed by atoms with E-state index in [-0.39, 0.29) is 18.6 Å². The van der Waals surface area contributed by atoms with Crippen LogP contribution in [-0.2, 0) is 11.2 Å². The monoisotopic (exact) mass is 484 g/mol. The van der Waals surface area contributed by atoms with Crippen molar-refractivity contribution >= 4 is 23.4 Å². The van der Waals surface area contributed by atoms with E-state index in [4.69, 9.17) is 11.6 Å². The minimum Gasteiger partial charge on any atom is -0.480 e. The summed E-state index contributed by atoms with van der Waals surface area (Å²) in [6, 6.07) is 15.3. The molecule has 0 unspecified atom stereocenters. The maximum atomic E-state index is 11.7. The van der Waals surface area contributed by atoms with E-state index in [1.807, 2.05) is 24.4 Å². The molecule has 2 atom stereocenters. The topological polar surface area (TPSA) is 59.9 Å². The van der Waals surface area contributed by atoms with Gasteiger partial charge in [-0.15, -0.1) is 0 Å². The van der Waals surface area contributed by atoms with Crippen LogP contribution in [0.1, 0.15) is 38.7 Å². The molecule has 3 heterocycles. The maximum Gasteiger partial charge on any atom is 0.317 e. The number of anilines is 1. The number of hydrogen-bond acceptors (Lipinski definition) is 5. The molecule has 0 aliphatic carbocycles. The van der Waals surface area contributed by atoms with Crippen molar-refractivity contribution in [1.29, 1.82) is 0 Å². The SMILES string of the molecule is CC(C)C[C@H]1CN(C2CCN(c3ccccn3)CC2)[C@@H](Cc2ccc(Cl)cc2)CN1CC(=O)O. The fraction of sp³-hybridized carbons (Fsp3) is 0.556. The second-order valence-electron chi connectivity index (χ2n) is 10.2. The number of piperazine rings is 1. The highest BCUT2D eigenvalue weighted by Crippen LogP contribution is 2.29. The Morgan fingerprint density at radius 2 is 1.82 bits per heavy atom. The molecule has 184 valence electrons. The summed E-state index contributed by atoms with van der Waals surface area (Å²) < 4.78 is 0. The largest absolute Gasteiger partial charge is 0.480 e. The van der Waals surface area contributed by atoms with Gasteiger partial charge in [0, 0.05) is 55.5 Å². The number of carboxylic acid groups (broad SMARTS) is 1. The first-order valence-electron chi connectivity index (χ1n) is 12.5. The Kier molecular flexibility index (Phi) is 8.46. The van der Waals surface area contributed by atoms with Crippen LogP contribution in [-0.4, -0.2) is 76.7 Å². The molecule has 7 heteroatoms. The minimum absolute atomic E-state index is 0.112. The summed E-state index contributed by atoms with van der Waals surface area (Å²) in [6.45, 7) is 8.28. The number of halogens is 1. The number of aliphatic carboxylic acids is 1. The molecule has 6 nitrogen and oxygen atoms in total. The van der Waals surface area contributed by atoms with Gasteiger partial charge in [-0.3, -0.25) is 14.6 Å². The summed E-state index contributed by atoms with van der Waals surface area (Å²) in [5.74, 6) is 0.848. The van der Waals surface area contributed by atoms with Gasteiger partial charge in [0.1, 0.15) is 5.82 Å². The first kappa shape index (κ1) is 25.0. The molecule has 34 heavy (non-hydrogen) atoms. The van der Waals surface area contributed by atoms with Crippen molar-refractivity contribution < 1.29 is 9.90 Å². The first-order chi connectivity index (χ1) is 16.4. The third-order valence-corrected chi connectivity index (χ3v) is 7.48. The lowest BCUT2D eigenvalue weighted by molar-refractivity contribution is -0.140. The Bertz CT molecular complexity index is 916. The average molecular weight is 485 g/mol. The third-order valence-electron chi connectivity index (χ3n) is 7.23. The number of benzene rings is 1. The maximum absolute atomic E-state index is 11.7. The molecule has 2 fully saturated rings. The average Bonchev–Trinajstić information content (AvgIpc) is 2.82. The standard InChI is InChI=1S/C27H37ClN4O2/c1-20(2)15-24-18-32(23-10-13-30(14-11-23)26-5-3-4-12-29-26)25(17-31(24)19-27(33)34)16-21-6-8-22(28)9-7-21/h3-9,12,20,23-25H,10-11,13-19H2,1-2H3,(H,33,34)/t24-,25-/m0/s1. The second-order valence-corrected chi connectivity index (χ2v) is 10.6. The van der Waals surface area contributed by atoms with Crippen molar-refractivity contribution in [3.8, 4) is 0 Å². The Morgan fingerprint density at radius 3 is 2.44 bits per heavy atom. The van der Waals surface area contributed by atoms with Gasteiger partial charge in [-0.25, -0.2) is 4.98 Å². The normalized spacial score (nSPS) is 22.9. The van der Waals surface area contributed by atoms with Crippen LogP contribution in [0.25, 0.3) is 0 Å². The lowest BCUT2D eigenvalue weighted by atomic mass is 9.91. The number of nitrogens with zero attached hydrogens (tertiary/aromatic N) is 4. The van der Waals surface area contributed by atoms with Crippen LogP contribution in [0.2, 0.25) is 5.02 Å². The fourth-order valence-electron chi connectivity index (χ4n) is 5.66. The van der Waals surface area contributed by atoms with E-state index >= 15 is 0 Å². The van der Waals surface area contributed by atoms with Gasteiger partial charge < -0.3 is 10.0 Å². The summed E-state index contributed by atoms with van der Waals surface area (Å²) in [4.78, 5) is 23.5. The highest BCUT2D eigenvalue weighted by Gasteiger charge is 2.39. The van der Waals surface area contributed by atoms with Crippen LogP contribution in [0, 0.1) is 5.92 Å². The summed E-state index contributed by atoms with van der Waals surface area (Å²) in [7, 11) is 0. The molecule has 0 spiro atoms. The van der Waals surface area contributed by atoms with Crippen molar-refractivity contribution in [3.05, 3.63) is 59.2 Å². The van der Waals surface area contributed by atoms with Crippen molar-refractivity contribution in [3.63, 3.8) is 0 Å². The van der Waals surface area contributed by atoms with Gasteiger partial charge in [-0.2, -0.15) is 0 Å². The molecule has 1 aromatic carbocycles. The summed E-state index contributed by atoms with van der Waals surface area (Å²) in [5, 5.41) is 10.3. The van der Waals surface area contributed by atoms with Crippen LogP contribution in [0.4, 0.5) is 5.82 Å². The third kappa shape index (κ3) is 6.49. The highest BCUT2D eigenvalue weighted by atomic mass is 35.5. The van der Waals surface area contributed by atoms with E-state index in [0.29, 0.717) is 12.0 Å². The van der Waals surface area contributed by atoms with Gasteiger partial charge in [-0.05, 0) is 61.4 Å². The fourth-order valence-corrected chi connectivity index (χ4v) is 5.78. The van der Waals surface area contributed by atoms with Crippen LogP contribution < -0.4 is 4.90 Å². The van der Waals surface area contributed by atoms with Crippen LogP contribution in [0.5, 0.6) is 0 Å². The number of carbonyl (C=O) groups is 1. The minimum atomic E-state index is -0.740. The van der Waals surface area contributed by atoms with Gasteiger partial charge in [0.25, 0.3) is 0 Å². The predicted octanol–water partition coefficient (Wildman–Crippen LogP) is 4.43. The zero-order valence-electron chi connectivity index (χ0n) is 20.3. The van der Waals surface area contributed by atoms with Crippen LogP contribution in [0.15, 0.2) is 48.7 Å². The molecule has 2 saturated heterocycles. The Hall–Kier alpha value is -2.15. The Balaban J connectivity index is 1.52. The summed E-state index contributed by atoms with van der Waals surface area (Å²) in [6.07, 6.45) is 5.98. The van der Waals surface area contributed by atoms with Crippen molar-refractivity contribution in [2.24, 2.45) is 5.92 Å². The summed E-state index contributed by atoms with van der Waals surface area (Å²) in [5.41, 5.74) is 1.25.